The second-order valence-corrected chi connectivity index (χ2v) is 4.84. The summed E-state index contributed by atoms with van der Waals surface area (Å²) in [6.45, 7) is 6.48. The molecule has 1 unspecified atom stereocenters. The Balaban J connectivity index is 1.92. The van der Waals surface area contributed by atoms with Crippen LogP contribution in [0.1, 0.15) is 24.5 Å². The molecule has 2 N–H and O–H groups in total. The fourth-order valence-corrected chi connectivity index (χ4v) is 2.28. The predicted molar refractivity (Wildman–Crippen MR) is 77.7 cm³/mol. The number of nitrogens with two attached hydrogens (primary N) is 1. The third-order valence-corrected chi connectivity index (χ3v) is 3.37. The minimum Gasteiger partial charge on any atom is -0.376 e. The van der Waals surface area contributed by atoms with Gasteiger partial charge in [0.2, 0.25) is 0 Å². The largest absolute Gasteiger partial charge is 0.376 e. The highest BCUT2D eigenvalue weighted by molar-refractivity contribution is 5.36. The number of nitrogens with zero attached hydrogens (tertiary/aromatic N) is 1. The van der Waals surface area contributed by atoms with E-state index < -0.39 is 0 Å². The van der Waals surface area contributed by atoms with Crippen LogP contribution < -0.4 is 5.73 Å². The van der Waals surface area contributed by atoms with Crippen molar-refractivity contribution in [2.45, 2.75) is 26.0 Å². The number of ether oxygens (including phenoxy) is 1. The van der Waals surface area contributed by atoms with Gasteiger partial charge in [-0.1, -0.05) is 30.9 Å². The molecule has 0 amide bonds. The molecule has 1 aliphatic heterocycles. The van der Waals surface area contributed by atoms with E-state index in [1.165, 1.54) is 5.56 Å². The van der Waals surface area contributed by atoms with Crippen LogP contribution in [-0.2, 0) is 11.3 Å². The third-order valence-electron chi connectivity index (χ3n) is 3.37. The number of rotatable bonds is 3. The van der Waals surface area contributed by atoms with Gasteiger partial charge in [0.25, 0.3) is 0 Å². The summed E-state index contributed by atoms with van der Waals surface area (Å²) in [7, 11) is 0. The van der Waals surface area contributed by atoms with E-state index in [1.54, 1.807) is 0 Å². The summed E-state index contributed by atoms with van der Waals surface area (Å²) in [4.78, 5) is 2.46. The van der Waals surface area contributed by atoms with E-state index in [9.17, 15) is 0 Å². The van der Waals surface area contributed by atoms with Crippen LogP contribution in [0.2, 0.25) is 0 Å². The Labute approximate surface area is 115 Å². The highest BCUT2D eigenvalue weighted by Gasteiger charge is 2.18. The molecule has 0 bridgehead atoms. The maximum atomic E-state index is 5.69. The molecular formula is C16H22N2O. The van der Waals surface area contributed by atoms with Gasteiger partial charge in [-0.3, -0.25) is 4.90 Å². The summed E-state index contributed by atoms with van der Waals surface area (Å²) in [6, 6.07) is 8.43. The molecule has 2 rings (SSSR count). The standard InChI is InChI=1S/C16H22N2O/c1-2-16-13-18(10-11-19-16)12-15-7-5-14(6-8-15)4-3-9-17/h5-8,16H,2,9-13,17H2,1H3. The predicted octanol–water partition coefficient (Wildman–Crippen LogP) is 1.61. The van der Waals surface area contributed by atoms with Gasteiger partial charge >= 0.3 is 0 Å². The summed E-state index contributed by atoms with van der Waals surface area (Å²) in [6.07, 6.45) is 1.48. The van der Waals surface area contributed by atoms with Crippen molar-refractivity contribution >= 4 is 0 Å². The Kier molecular flexibility index (Phi) is 5.41. The Hall–Kier alpha value is -1.34. The zero-order valence-electron chi connectivity index (χ0n) is 11.6. The van der Waals surface area contributed by atoms with E-state index >= 15 is 0 Å². The molecule has 1 atom stereocenters. The summed E-state index contributed by atoms with van der Waals surface area (Å²) >= 11 is 0. The van der Waals surface area contributed by atoms with Gasteiger partial charge in [-0.2, -0.15) is 0 Å². The van der Waals surface area contributed by atoms with Crippen LogP contribution in [0.3, 0.4) is 0 Å². The molecule has 0 radical (unpaired) electrons. The van der Waals surface area contributed by atoms with E-state index in [-0.39, 0.29) is 0 Å². The van der Waals surface area contributed by atoms with Gasteiger partial charge in [-0.05, 0) is 24.1 Å². The van der Waals surface area contributed by atoms with Gasteiger partial charge in [-0.15, -0.1) is 0 Å². The van der Waals surface area contributed by atoms with Crippen LogP contribution in [0.4, 0.5) is 0 Å². The molecule has 19 heavy (non-hydrogen) atoms. The molecule has 102 valence electrons. The molecule has 1 aromatic carbocycles. The highest BCUT2D eigenvalue weighted by atomic mass is 16.5. The molecule has 3 nitrogen and oxygen atoms in total. The lowest BCUT2D eigenvalue weighted by atomic mass is 10.1. The first-order valence-electron chi connectivity index (χ1n) is 6.93. The maximum absolute atomic E-state index is 5.69. The van der Waals surface area contributed by atoms with Crippen LogP contribution in [0, 0.1) is 11.8 Å². The van der Waals surface area contributed by atoms with Crippen LogP contribution in [0.25, 0.3) is 0 Å². The van der Waals surface area contributed by atoms with Crippen molar-refractivity contribution in [3.63, 3.8) is 0 Å². The number of morpholine rings is 1. The zero-order valence-corrected chi connectivity index (χ0v) is 11.6. The number of benzene rings is 1. The monoisotopic (exact) mass is 258 g/mol. The molecule has 1 heterocycles. The molecule has 3 heteroatoms. The minimum absolute atomic E-state index is 0.392. The summed E-state index contributed by atoms with van der Waals surface area (Å²) in [5, 5.41) is 0. The summed E-state index contributed by atoms with van der Waals surface area (Å²) in [5.41, 5.74) is 7.72. The average molecular weight is 258 g/mol. The second-order valence-electron chi connectivity index (χ2n) is 4.84. The Morgan fingerprint density at radius 3 is 2.84 bits per heavy atom. The Morgan fingerprint density at radius 1 is 1.37 bits per heavy atom. The second kappa shape index (κ2) is 7.30. The number of hydrogen-bond donors (Lipinski definition) is 1. The smallest absolute Gasteiger partial charge is 0.0700 e. The van der Waals surface area contributed by atoms with E-state index in [4.69, 9.17) is 10.5 Å². The lowest BCUT2D eigenvalue weighted by molar-refractivity contribution is -0.0324. The van der Waals surface area contributed by atoms with Crippen molar-refractivity contribution in [1.82, 2.24) is 4.90 Å². The topological polar surface area (TPSA) is 38.5 Å². The first-order chi connectivity index (χ1) is 9.31. The SMILES string of the molecule is CCC1CN(Cc2ccc(C#CCN)cc2)CCO1. The van der Waals surface area contributed by atoms with Gasteiger partial charge in [0, 0.05) is 25.2 Å². The Morgan fingerprint density at radius 2 is 2.16 bits per heavy atom. The van der Waals surface area contributed by atoms with Gasteiger partial charge in [0.15, 0.2) is 0 Å². The molecule has 0 spiro atoms. The van der Waals surface area contributed by atoms with Crippen molar-refractivity contribution < 1.29 is 4.74 Å². The molecule has 1 aromatic rings. The summed E-state index contributed by atoms with van der Waals surface area (Å²) in [5.74, 6) is 5.91. The van der Waals surface area contributed by atoms with E-state index in [2.05, 4.69) is 47.9 Å². The molecule has 0 saturated carbocycles. The molecular weight excluding hydrogens is 236 g/mol. The fraction of sp³-hybridized carbons (Fsp3) is 0.500. The first kappa shape index (κ1) is 14.1. The lowest BCUT2D eigenvalue weighted by Gasteiger charge is -2.32. The van der Waals surface area contributed by atoms with E-state index in [0.717, 1.165) is 38.2 Å². The molecule has 1 saturated heterocycles. The van der Waals surface area contributed by atoms with Crippen LogP contribution in [0.5, 0.6) is 0 Å². The van der Waals surface area contributed by atoms with Crippen molar-refractivity contribution in [1.29, 1.82) is 0 Å². The first-order valence-corrected chi connectivity index (χ1v) is 6.93. The zero-order chi connectivity index (χ0) is 13.5. The molecule has 0 aliphatic carbocycles. The van der Waals surface area contributed by atoms with Gasteiger partial charge in [0.1, 0.15) is 0 Å². The highest BCUT2D eigenvalue weighted by Crippen LogP contribution is 2.12. The van der Waals surface area contributed by atoms with Crippen molar-refractivity contribution in [3.8, 4) is 11.8 Å². The normalized spacial score (nSPS) is 19.8. The quantitative estimate of drug-likeness (QED) is 0.837. The fourth-order valence-electron chi connectivity index (χ4n) is 2.28. The minimum atomic E-state index is 0.392. The van der Waals surface area contributed by atoms with Crippen LogP contribution in [0.15, 0.2) is 24.3 Å². The number of hydrogen-bond acceptors (Lipinski definition) is 3. The average Bonchev–Trinajstić information content (AvgIpc) is 2.47. The van der Waals surface area contributed by atoms with Gasteiger partial charge < -0.3 is 10.5 Å². The third kappa shape index (κ3) is 4.36. The van der Waals surface area contributed by atoms with Crippen LogP contribution in [-0.4, -0.2) is 37.2 Å². The van der Waals surface area contributed by atoms with E-state index in [0.29, 0.717) is 12.6 Å². The van der Waals surface area contributed by atoms with Gasteiger partial charge in [0.05, 0.1) is 19.3 Å². The molecule has 1 fully saturated rings. The van der Waals surface area contributed by atoms with Crippen molar-refractivity contribution in [2.24, 2.45) is 5.73 Å². The Bertz CT molecular complexity index is 444. The van der Waals surface area contributed by atoms with Crippen LogP contribution >= 0.6 is 0 Å². The van der Waals surface area contributed by atoms with E-state index in [1.807, 2.05) is 0 Å². The molecule has 0 aromatic heterocycles. The van der Waals surface area contributed by atoms with Crippen molar-refractivity contribution in [2.75, 3.05) is 26.2 Å². The lowest BCUT2D eigenvalue weighted by Crippen LogP contribution is -2.41. The van der Waals surface area contributed by atoms with Gasteiger partial charge in [-0.25, -0.2) is 0 Å². The summed E-state index contributed by atoms with van der Waals surface area (Å²) < 4.78 is 5.69. The molecule has 1 aliphatic rings. The maximum Gasteiger partial charge on any atom is 0.0700 e. The van der Waals surface area contributed by atoms with Crippen molar-refractivity contribution in [3.05, 3.63) is 35.4 Å².